The second-order valence-electron chi connectivity index (χ2n) is 5.61. The largest absolute Gasteiger partial charge is 0.497 e. The minimum atomic E-state index is 0.317. The van der Waals surface area contributed by atoms with Crippen LogP contribution in [0.15, 0.2) is 24.3 Å². The van der Waals surface area contributed by atoms with Gasteiger partial charge in [0.15, 0.2) is 0 Å². The molecule has 1 heterocycles. The van der Waals surface area contributed by atoms with Gasteiger partial charge in [-0.1, -0.05) is 25.5 Å². The van der Waals surface area contributed by atoms with Gasteiger partial charge in [0.25, 0.3) is 0 Å². The summed E-state index contributed by atoms with van der Waals surface area (Å²) in [5.74, 6) is 1.22. The molecular weight excluding hydrogens is 264 g/mol. The van der Waals surface area contributed by atoms with Crippen molar-refractivity contribution in [3.05, 3.63) is 29.8 Å². The highest BCUT2D eigenvalue weighted by Gasteiger charge is 2.20. The summed E-state index contributed by atoms with van der Waals surface area (Å²) in [5, 5.41) is 0. The Balaban J connectivity index is 1.79. The zero-order chi connectivity index (χ0) is 15.1. The van der Waals surface area contributed by atoms with Crippen LogP contribution in [0.5, 0.6) is 5.75 Å². The van der Waals surface area contributed by atoms with E-state index in [1.165, 1.54) is 5.56 Å². The maximum absolute atomic E-state index is 12.0. The van der Waals surface area contributed by atoms with E-state index in [-0.39, 0.29) is 0 Å². The van der Waals surface area contributed by atoms with Gasteiger partial charge in [-0.15, -0.1) is 0 Å². The summed E-state index contributed by atoms with van der Waals surface area (Å²) in [5.41, 5.74) is 1.26. The minimum absolute atomic E-state index is 0.317. The molecule has 4 heteroatoms. The lowest BCUT2D eigenvalue weighted by atomic mass is 10.1. The average molecular weight is 290 g/mol. The lowest BCUT2D eigenvalue weighted by Crippen LogP contribution is -2.48. The molecule has 1 aromatic carbocycles. The Morgan fingerprint density at radius 2 is 2.00 bits per heavy atom. The number of carbonyl (C=O) groups is 1. The number of ether oxygens (including phenoxy) is 1. The molecule has 1 aromatic rings. The molecule has 0 saturated carbocycles. The van der Waals surface area contributed by atoms with Gasteiger partial charge in [-0.25, -0.2) is 0 Å². The molecule has 2 rings (SSSR count). The van der Waals surface area contributed by atoms with Crippen LogP contribution in [0.3, 0.4) is 0 Å². The zero-order valence-corrected chi connectivity index (χ0v) is 13.2. The van der Waals surface area contributed by atoms with Crippen molar-refractivity contribution >= 4 is 5.91 Å². The zero-order valence-electron chi connectivity index (χ0n) is 13.2. The Kier molecular flexibility index (Phi) is 6.05. The third kappa shape index (κ3) is 4.74. The fraction of sp³-hybridized carbons (Fsp3) is 0.588. The molecule has 116 valence electrons. The number of piperazine rings is 1. The Morgan fingerprint density at radius 1 is 1.24 bits per heavy atom. The molecule has 0 aliphatic carbocycles. The van der Waals surface area contributed by atoms with Gasteiger partial charge in [0.2, 0.25) is 5.91 Å². The van der Waals surface area contributed by atoms with Gasteiger partial charge >= 0.3 is 0 Å². The molecule has 0 aromatic heterocycles. The highest BCUT2D eigenvalue weighted by atomic mass is 16.5. The molecule has 0 bridgehead atoms. The minimum Gasteiger partial charge on any atom is -0.497 e. The van der Waals surface area contributed by atoms with E-state index in [0.717, 1.165) is 51.3 Å². The maximum atomic E-state index is 12.0. The van der Waals surface area contributed by atoms with Crippen LogP contribution in [0.2, 0.25) is 0 Å². The summed E-state index contributed by atoms with van der Waals surface area (Å²) in [6.45, 7) is 6.66. The van der Waals surface area contributed by atoms with E-state index in [0.29, 0.717) is 12.3 Å². The van der Waals surface area contributed by atoms with Gasteiger partial charge in [-0.3, -0.25) is 9.69 Å². The monoisotopic (exact) mass is 290 g/mol. The summed E-state index contributed by atoms with van der Waals surface area (Å²) in [6.07, 6.45) is 2.79. The Labute approximate surface area is 127 Å². The summed E-state index contributed by atoms with van der Waals surface area (Å²) in [4.78, 5) is 16.4. The van der Waals surface area contributed by atoms with Crippen molar-refractivity contribution in [1.29, 1.82) is 0 Å². The molecule has 0 atom stereocenters. The van der Waals surface area contributed by atoms with Crippen LogP contribution in [0.4, 0.5) is 0 Å². The summed E-state index contributed by atoms with van der Waals surface area (Å²) >= 11 is 0. The van der Waals surface area contributed by atoms with Crippen LogP contribution in [-0.2, 0) is 11.3 Å². The Hall–Kier alpha value is -1.55. The SMILES string of the molecule is CCCCC(=O)N1CCN(Cc2cccc(OC)c2)CC1. The van der Waals surface area contributed by atoms with Gasteiger partial charge in [-0.2, -0.15) is 0 Å². The number of carbonyl (C=O) groups excluding carboxylic acids is 1. The molecule has 21 heavy (non-hydrogen) atoms. The van der Waals surface area contributed by atoms with Crippen LogP contribution in [-0.4, -0.2) is 49.0 Å². The fourth-order valence-electron chi connectivity index (χ4n) is 2.67. The highest BCUT2D eigenvalue weighted by Crippen LogP contribution is 2.15. The molecule has 1 amide bonds. The van der Waals surface area contributed by atoms with Gasteiger partial charge in [0, 0.05) is 39.1 Å². The molecule has 1 aliphatic rings. The van der Waals surface area contributed by atoms with E-state index < -0.39 is 0 Å². The van der Waals surface area contributed by atoms with E-state index in [2.05, 4.69) is 24.0 Å². The fourth-order valence-corrected chi connectivity index (χ4v) is 2.67. The molecule has 1 aliphatic heterocycles. The van der Waals surface area contributed by atoms with Gasteiger partial charge < -0.3 is 9.64 Å². The van der Waals surface area contributed by atoms with Crippen LogP contribution in [0.25, 0.3) is 0 Å². The standard InChI is InChI=1S/C17H26N2O2/c1-3-4-8-17(20)19-11-9-18(10-12-19)14-15-6-5-7-16(13-15)21-2/h5-7,13H,3-4,8-12,14H2,1-2H3. The van der Waals surface area contributed by atoms with Crippen LogP contribution >= 0.6 is 0 Å². The van der Waals surface area contributed by atoms with Crippen molar-refractivity contribution in [3.8, 4) is 5.75 Å². The molecule has 0 radical (unpaired) electrons. The van der Waals surface area contributed by atoms with Crippen molar-refractivity contribution in [3.63, 3.8) is 0 Å². The number of hydrogen-bond acceptors (Lipinski definition) is 3. The first-order valence-corrected chi connectivity index (χ1v) is 7.86. The number of unbranched alkanes of at least 4 members (excludes halogenated alkanes) is 1. The first-order chi connectivity index (χ1) is 10.2. The maximum Gasteiger partial charge on any atom is 0.222 e. The lowest BCUT2D eigenvalue weighted by molar-refractivity contribution is -0.133. The summed E-state index contributed by atoms with van der Waals surface area (Å²) in [6, 6.07) is 8.20. The molecule has 4 nitrogen and oxygen atoms in total. The second kappa shape index (κ2) is 8.03. The normalized spacial score (nSPS) is 16.0. The van der Waals surface area contributed by atoms with Crippen molar-refractivity contribution in [2.45, 2.75) is 32.7 Å². The third-order valence-corrected chi connectivity index (χ3v) is 4.01. The van der Waals surface area contributed by atoms with E-state index in [9.17, 15) is 4.79 Å². The van der Waals surface area contributed by atoms with Crippen LogP contribution < -0.4 is 4.74 Å². The van der Waals surface area contributed by atoms with E-state index >= 15 is 0 Å². The average Bonchev–Trinajstić information content (AvgIpc) is 2.53. The van der Waals surface area contributed by atoms with Gasteiger partial charge in [0.05, 0.1) is 7.11 Å². The molecule has 0 unspecified atom stereocenters. The van der Waals surface area contributed by atoms with Crippen LogP contribution in [0.1, 0.15) is 31.7 Å². The first-order valence-electron chi connectivity index (χ1n) is 7.86. The van der Waals surface area contributed by atoms with E-state index in [1.54, 1.807) is 7.11 Å². The molecular formula is C17H26N2O2. The Bertz CT molecular complexity index is 454. The predicted molar refractivity (Wildman–Crippen MR) is 84.4 cm³/mol. The quantitative estimate of drug-likeness (QED) is 0.807. The number of benzene rings is 1. The molecule has 0 N–H and O–H groups in total. The summed E-state index contributed by atoms with van der Waals surface area (Å²) in [7, 11) is 1.69. The predicted octanol–water partition coefficient (Wildman–Crippen LogP) is 2.53. The van der Waals surface area contributed by atoms with Gasteiger partial charge in [0.1, 0.15) is 5.75 Å². The highest BCUT2D eigenvalue weighted by molar-refractivity contribution is 5.76. The first kappa shape index (κ1) is 15.8. The molecule has 0 spiro atoms. The smallest absolute Gasteiger partial charge is 0.222 e. The summed E-state index contributed by atoms with van der Waals surface area (Å²) < 4.78 is 5.26. The van der Waals surface area contributed by atoms with E-state index in [1.807, 2.05) is 17.0 Å². The van der Waals surface area contributed by atoms with Crippen molar-refractivity contribution in [2.75, 3.05) is 33.3 Å². The number of rotatable bonds is 6. The second-order valence-corrected chi connectivity index (χ2v) is 5.61. The third-order valence-electron chi connectivity index (χ3n) is 4.01. The number of methoxy groups -OCH3 is 1. The van der Waals surface area contributed by atoms with Crippen molar-refractivity contribution in [2.24, 2.45) is 0 Å². The van der Waals surface area contributed by atoms with E-state index in [4.69, 9.17) is 4.74 Å². The molecule has 1 saturated heterocycles. The lowest BCUT2D eigenvalue weighted by Gasteiger charge is -2.34. The van der Waals surface area contributed by atoms with Crippen molar-refractivity contribution < 1.29 is 9.53 Å². The number of nitrogens with zero attached hydrogens (tertiary/aromatic N) is 2. The topological polar surface area (TPSA) is 32.8 Å². The van der Waals surface area contributed by atoms with Crippen LogP contribution in [0, 0.1) is 0 Å². The Morgan fingerprint density at radius 3 is 2.67 bits per heavy atom. The number of amides is 1. The van der Waals surface area contributed by atoms with Crippen molar-refractivity contribution in [1.82, 2.24) is 9.80 Å². The van der Waals surface area contributed by atoms with Gasteiger partial charge in [-0.05, 0) is 24.1 Å². The molecule has 1 fully saturated rings. The number of hydrogen-bond donors (Lipinski definition) is 0.